The highest BCUT2D eigenvalue weighted by atomic mass is 16.7. The van der Waals surface area contributed by atoms with Crippen molar-refractivity contribution in [3.8, 4) is 0 Å². The average Bonchev–Trinajstić information content (AvgIpc) is 2.80. The van der Waals surface area contributed by atoms with E-state index in [1.54, 1.807) is 0 Å². The molecule has 2 aliphatic heterocycles. The van der Waals surface area contributed by atoms with Gasteiger partial charge in [0.2, 0.25) is 0 Å². The first kappa shape index (κ1) is 13.6. The lowest BCUT2D eigenvalue weighted by Crippen LogP contribution is -2.44. The van der Waals surface area contributed by atoms with Crippen molar-refractivity contribution in [2.75, 3.05) is 32.9 Å². The minimum Gasteiger partial charge on any atom is -0.405 e. The molecule has 0 spiro atoms. The highest BCUT2D eigenvalue weighted by Gasteiger charge is 2.40. The standard InChI is InChI=1S/C14H24BNO3/c1-14(2)11-18-15(19-14)12-3-5-13(6-4-12)16-7-9-17-10-8-16/h3,13H,4-11H2,1-2H3. The maximum Gasteiger partial charge on any atom is 0.489 e. The third kappa shape index (κ3) is 3.22. The Balaban J connectivity index is 1.55. The molecule has 1 unspecified atom stereocenters. The molecule has 0 N–H and O–H groups in total. The first-order chi connectivity index (χ1) is 9.14. The van der Waals surface area contributed by atoms with Crippen LogP contribution in [0.25, 0.3) is 0 Å². The zero-order chi connectivity index (χ0) is 13.3. The van der Waals surface area contributed by atoms with Gasteiger partial charge in [0.15, 0.2) is 0 Å². The third-order valence-electron chi connectivity index (χ3n) is 4.29. The largest absolute Gasteiger partial charge is 0.489 e. The second-order valence-electron chi connectivity index (χ2n) is 6.38. The maximum absolute atomic E-state index is 5.94. The van der Waals surface area contributed by atoms with E-state index in [9.17, 15) is 0 Å². The summed E-state index contributed by atoms with van der Waals surface area (Å²) in [7, 11) is -0.0966. The number of rotatable bonds is 2. The summed E-state index contributed by atoms with van der Waals surface area (Å²) in [5.74, 6) is 0. The molecule has 0 radical (unpaired) electrons. The van der Waals surface area contributed by atoms with Gasteiger partial charge in [-0.25, -0.2) is 0 Å². The van der Waals surface area contributed by atoms with Gasteiger partial charge >= 0.3 is 7.12 Å². The van der Waals surface area contributed by atoms with E-state index in [1.165, 1.54) is 11.9 Å². The van der Waals surface area contributed by atoms with Gasteiger partial charge in [0.05, 0.1) is 25.4 Å². The summed E-state index contributed by atoms with van der Waals surface area (Å²) in [4.78, 5) is 2.57. The molecule has 0 saturated carbocycles. The van der Waals surface area contributed by atoms with E-state index < -0.39 is 0 Å². The van der Waals surface area contributed by atoms with Gasteiger partial charge in [-0.1, -0.05) is 6.08 Å². The number of hydrogen-bond acceptors (Lipinski definition) is 4. The molecule has 1 aliphatic carbocycles. The molecule has 106 valence electrons. The van der Waals surface area contributed by atoms with Crippen molar-refractivity contribution in [1.82, 2.24) is 4.90 Å². The molecule has 2 fully saturated rings. The predicted molar refractivity (Wildman–Crippen MR) is 75.0 cm³/mol. The van der Waals surface area contributed by atoms with Gasteiger partial charge in [-0.3, -0.25) is 4.90 Å². The van der Waals surface area contributed by atoms with E-state index in [0.29, 0.717) is 12.6 Å². The van der Waals surface area contributed by atoms with Crippen LogP contribution < -0.4 is 0 Å². The normalized spacial score (nSPS) is 32.4. The van der Waals surface area contributed by atoms with Crippen LogP contribution in [0.1, 0.15) is 33.1 Å². The van der Waals surface area contributed by atoms with Crippen LogP contribution in [0, 0.1) is 0 Å². The monoisotopic (exact) mass is 265 g/mol. The van der Waals surface area contributed by atoms with Crippen molar-refractivity contribution in [2.45, 2.75) is 44.8 Å². The lowest BCUT2D eigenvalue weighted by molar-refractivity contribution is 0.0145. The van der Waals surface area contributed by atoms with Crippen LogP contribution in [0.4, 0.5) is 0 Å². The topological polar surface area (TPSA) is 30.9 Å². The third-order valence-corrected chi connectivity index (χ3v) is 4.29. The molecular weight excluding hydrogens is 241 g/mol. The predicted octanol–water partition coefficient (Wildman–Crippen LogP) is 1.65. The highest BCUT2D eigenvalue weighted by molar-refractivity contribution is 6.54. The van der Waals surface area contributed by atoms with E-state index in [4.69, 9.17) is 14.0 Å². The lowest BCUT2D eigenvalue weighted by Gasteiger charge is -2.36. The minimum absolute atomic E-state index is 0.0966. The maximum atomic E-state index is 5.94. The summed E-state index contributed by atoms with van der Waals surface area (Å²) in [6.07, 6.45) is 5.78. The van der Waals surface area contributed by atoms with Crippen molar-refractivity contribution in [3.63, 3.8) is 0 Å². The number of nitrogens with zero attached hydrogens (tertiary/aromatic N) is 1. The molecule has 19 heavy (non-hydrogen) atoms. The van der Waals surface area contributed by atoms with Crippen LogP contribution >= 0.6 is 0 Å². The van der Waals surface area contributed by atoms with Crippen LogP contribution in [-0.2, 0) is 14.0 Å². The van der Waals surface area contributed by atoms with E-state index in [-0.39, 0.29) is 12.7 Å². The molecular formula is C14H24BNO3. The van der Waals surface area contributed by atoms with Gasteiger partial charge in [-0.2, -0.15) is 0 Å². The summed E-state index contributed by atoms with van der Waals surface area (Å²) in [5.41, 5.74) is 1.21. The molecule has 3 rings (SSSR count). The second kappa shape index (κ2) is 5.56. The minimum atomic E-state index is -0.132. The zero-order valence-electron chi connectivity index (χ0n) is 12.1. The molecule has 1 atom stereocenters. The van der Waals surface area contributed by atoms with E-state index in [2.05, 4.69) is 24.8 Å². The fourth-order valence-electron chi connectivity index (χ4n) is 3.15. The first-order valence-corrected chi connectivity index (χ1v) is 7.44. The summed E-state index contributed by atoms with van der Waals surface area (Å²) in [5, 5.41) is 0. The molecule has 2 heterocycles. The van der Waals surface area contributed by atoms with Gasteiger partial charge in [0.25, 0.3) is 0 Å². The van der Waals surface area contributed by atoms with E-state index >= 15 is 0 Å². The molecule has 0 amide bonds. The van der Waals surface area contributed by atoms with Gasteiger partial charge in [-0.05, 0) is 38.6 Å². The molecule has 0 bridgehead atoms. The van der Waals surface area contributed by atoms with E-state index in [1.807, 2.05) is 0 Å². The Morgan fingerprint density at radius 3 is 2.68 bits per heavy atom. The molecule has 4 nitrogen and oxygen atoms in total. The summed E-state index contributed by atoms with van der Waals surface area (Å²) < 4.78 is 17.1. The molecule has 2 saturated heterocycles. The number of hydrogen-bond donors (Lipinski definition) is 0. The van der Waals surface area contributed by atoms with Crippen LogP contribution in [0.5, 0.6) is 0 Å². The van der Waals surface area contributed by atoms with Gasteiger partial charge in [-0.15, -0.1) is 0 Å². The molecule has 0 aromatic carbocycles. The smallest absolute Gasteiger partial charge is 0.405 e. The summed E-state index contributed by atoms with van der Waals surface area (Å²) in [6.45, 7) is 8.81. The van der Waals surface area contributed by atoms with Crippen LogP contribution in [0.2, 0.25) is 0 Å². The number of allylic oxidation sites excluding steroid dienone is 1. The Morgan fingerprint density at radius 1 is 1.32 bits per heavy atom. The molecule has 0 aromatic rings. The highest BCUT2D eigenvalue weighted by Crippen LogP contribution is 2.30. The zero-order valence-corrected chi connectivity index (χ0v) is 12.1. The quantitative estimate of drug-likeness (QED) is 0.710. The summed E-state index contributed by atoms with van der Waals surface area (Å²) in [6, 6.07) is 0.682. The Bertz CT molecular complexity index is 353. The number of morpholine rings is 1. The Kier molecular flexibility index (Phi) is 3.99. The van der Waals surface area contributed by atoms with Crippen LogP contribution in [0.15, 0.2) is 11.5 Å². The fourth-order valence-corrected chi connectivity index (χ4v) is 3.15. The van der Waals surface area contributed by atoms with Crippen molar-refractivity contribution in [1.29, 1.82) is 0 Å². The number of ether oxygens (including phenoxy) is 1. The SMILES string of the molecule is CC1(C)COB(C2=CCC(N3CCOCC3)CC2)O1. The molecule has 5 heteroatoms. The van der Waals surface area contributed by atoms with Gasteiger partial charge in [0, 0.05) is 19.1 Å². The first-order valence-electron chi connectivity index (χ1n) is 7.44. The van der Waals surface area contributed by atoms with Crippen LogP contribution in [0.3, 0.4) is 0 Å². The van der Waals surface area contributed by atoms with Crippen molar-refractivity contribution in [2.24, 2.45) is 0 Å². The fraction of sp³-hybridized carbons (Fsp3) is 0.857. The van der Waals surface area contributed by atoms with Gasteiger partial charge < -0.3 is 14.0 Å². The average molecular weight is 265 g/mol. The van der Waals surface area contributed by atoms with Gasteiger partial charge in [0.1, 0.15) is 0 Å². The Morgan fingerprint density at radius 2 is 2.11 bits per heavy atom. The Hall–Kier alpha value is -0.355. The van der Waals surface area contributed by atoms with Crippen molar-refractivity contribution >= 4 is 7.12 Å². The van der Waals surface area contributed by atoms with E-state index in [0.717, 1.165) is 39.1 Å². The second-order valence-corrected chi connectivity index (χ2v) is 6.38. The summed E-state index contributed by atoms with van der Waals surface area (Å²) >= 11 is 0. The Labute approximate surface area is 116 Å². The molecule has 3 aliphatic rings. The van der Waals surface area contributed by atoms with Crippen molar-refractivity contribution < 1.29 is 14.0 Å². The molecule has 0 aromatic heterocycles. The van der Waals surface area contributed by atoms with Crippen molar-refractivity contribution in [3.05, 3.63) is 11.5 Å². The lowest BCUT2D eigenvalue weighted by atomic mass is 9.71. The van der Waals surface area contributed by atoms with Crippen LogP contribution in [-0.4, -0.2) is 56.6 Å².